The van der Waals surface area contributed by atoms with Crippen LogP contribution in [0.15, 0.2) is 77.9 Å². The quantitative estimate of drug-likeness (QED) is 0.232. The van der Waals surface area contributed by atoms with Gasteiger partial charge in [-0.15, -0.1) is 0 Å². The fourth-order valence-corrected chi connectivity index (χ4v) is 4.79. The molecule has 0 aliphatic carbocycles. The number of hydrogen-bond acceptors (Lipinski definition) is 4. The predicted octanol–water partition coefficient (Wildman–Crippen LogP) is 6.27. The third-order valence-electron chi connectivity index (χ3n) is 6.62. The summed E-state index contributed by atoms with van der Waals surface area (Å²) >= 11 is 0. The standard InChI is InChI=1S/C30H28N4O2/c1-5-34-20(3)26(24-11-8-9-19(2)29(24)34)18-31-33-30(35)25-17-28(21-13-15-22(36-4)16-14-21)32-27-12-7-6-10-23(25)27/h6-18H,5H2,1-4H3,(H,33,35)/b31-18+. The van der Waals surface area contributed by atoms with E-state index in [1.165, 1.54) is 11.1 Å². The molecule has 6 nitrogen and oxygen atoms in total. The highest BCUT2D eigenvalue weighted by molar-refractivity contribution is 6.08. The molecule has 3 aromatic carbocycles. The first-order valence-corrected chi connectivity index (χ1v) is 12.0. The summed E-state index contributed by atoms with van der Waals surface area (Å²) in [6, 6.07) is 23.4. The van der Waals surface area contributed by atoms with E-state index in [4.69, 9.17) is 9.72 Å². The molecular formula is C30H28N4O2. The Morgan fingerprint density at radius 1 is 1.03 bits per heavy atom. The highest BCUT2D eigenvalue weighted by Gasteiger charge is 2.15. The first kappa shape index (κ1) is 23.3. The molecule has 0 spiro atoms. The molecule has 0 radical (unpaired) electrons. The third kappa shape index (κ3) is 4.11. The van der Waals surface area contributed by atoms with Crippen molar-refractivity contribution in [2.45, 2.75) is 27.3 Å². The monoisotopic (exact) mass is 476 g/mol. The summed E-state index contributed by atoms with van der Waals surface area (Å²) in [5.41, 5.74) is 10.2. The van der Waals surface area contributed by atoms with Gasteiger partial charge in [0, 0.05) is 34.1 Å². The number of aryl methyl sites for hydroxylation is 2. The molecule has 2 heterocycles. The average molecular weight is 477 g/mol. The van der Waals surface area contributed by atoms with E-state index in [0.717, 1.165) is 45.4 Å². The fraction of sp³-hybridized carbons (Fsp3) is 0.167. The summed E-state index contributed by atoms with van der Waals surface area (Å²) < 4.78 is 7.55. The van der Waals surface area contributed by atoms with E-state index >= 15 is 0 Å². The lowest BCUT2D eigenvalue weighted by Gasteiger charge is -2.09. The van der Waals surface area contributed by atoms with Crippen molar-refractivity contribution in [1.82, 2.24) is 15.0 Å². The van der Waals surface area contributed by atoms with Gasteiger partial charge < -0.3 is 9.30 Å². The second-order valence-electron chi connectivity index (χ2n) is 8.71. The van der Waals surface area contributed by atoms with Crippen LogP contribution >= 0.6 is 0 Å². The minimum Gasteiger partial charge on any atom is -0.497 e. The van der Waals surface area contributed by atoms with Gasteiger partial charge in [-0.05, 0) is 62.7 Å². The van der Waals surface area contributed by atoms with Gasteiger partial charge in [0.05, 0.1) is 35.6 Å². The molecule has 0 bridgehead atoms. The van der Waals surface area contributed by atoms with Crippen LogP contribution in [0.2, 0.25) is 0 Å². The minimum absolute atomic E-state index is 0.285. The number of fused-ring (bicyclic) bond motifs is 2. The SMILES string of the molecule is CCn1c(C)c(/C=N/NC(=O)c2cc(-c3ccc(OC)cc3)nc3ccccc23)c2cccc(C)c21. The van der Waals surface area contributed by atoms with Gasteiger partial charge in [-0.25, -0.2) is 10.4 Å². The van der Waals surface area contributed by atoms with Gasteiger partial charge >= 0.3 is 0 Å². The Bertz CT molecular complexity index is 1610. The number of carbonyl (C=O) groups is 1. The number of aromatic nitrogens is 2. The molecule has 180 valence electrons. The van der Waals surface area contributed by atoms with Crippen molar-refractivity contribution in [2.24, 2.45) is 5.10 Å². The van der Waals surface area contributed by atoms with Gasteiger partial charge in [0.1, 0.15) is 5.75 Å². The molecule has 1 amide bonds. The van der Waals surface area contributed by atoms with Crippen LogP contribution in [0, 0.1) is 13.8 Å². The number of nitrogens with one attached hydrogen (secondary N) is 1. The average Bonchev–Trinajstić information content (AvgIpc) is 3.19. The van der Waals surface area contributed by atoms with E-state index in [1.54, 1.807) is 13.3 Å². The van der Waals surface area contributed by atoms with E-state index < -0.39 is 0 Å². The van der Waals surface area contributed by atoms with Crippen molar-refractivity contribution < 1.29 is 9.53 Å². The highest BCUT2D eigenvalue weighted by atomic mass is 16.5. The zero-order valence-electron chi connectivity index (χ0n) is 20.9. The number of methoxy groups -OCH3 is 1. The number of benzene rings is 3. The molecule has 0 aliphatic rings. The normalized spacial score (nSPS) is 11.4. The Morgan fingerprint density at radius 3 is 2.53 bits per heavy atom. The van der Waals surface area contributed by atoms with Crippen LogP contribution in [0.1, 0.15) is 34.1 Å². The molecule has 0 atom stereocenters. The fourth-order valence-electron chi connectivity index (χ4n) is 4.79. The first-order valence-electron chi connectivity index (χ1n) is 12.0. The Balaban J connectivity index is 1.50. The van der Waals surface area contributed by atoms with E-state index in [-0.39, 0.29) is 5.91 Å². The van der Waals surface area contributed by atoms with E-state index in [2.05, 4.69) is 54.1 Å². The molecule has 5 rings (SSSR count). The predicted molar refractivity (Wildman–Crippen MR) is 146 cm³/mol. The maximum Gasteiger partial charge on any atom is 0.272 e. The zero-order valence-corrected chi connectivity index (χ0v) is 20.9. The van der Waals surface area contributed by atoms with Crippen LogP contribution in [0.3, 0.4) is 0 Å². The van der Waals surface area contributed by atoms with Gasteiger partial charge in [-0.1, -0.05) is 36.4 Å². The summed E-state index contributed by atoms with van der Waals surface area (Å²) in [6.45, 7) is 7.20. The van der Waals surface area contributed by atoms with Crippen molar-refractivity contribution >= 4 is 33.9 Å². The number of hydrogen-bond donors (Lipinski definition) is 1. The number of para-hydroxylation sites is 2. The highest BCUT2D eigenvalue weighted by Crippen LogP contribution is 2.28. The van der Waals surface area contributed by atoms with Crippen molar-refractivity contribution in [3.8, 4) is 17.0 Å². The first-order chi connectivity index (χ1) is 17.5. The Morgan fingerprint density at radius 2 is 1.78 bits per heavy atom. The summed E-state index contributed by atoms with van der Waals surface area (Å²) in [5, 5.41) is 6.27. The van der Waals surface area contributed by atoms with E-state index in [1.807, 2.05) is 54.6 Å². The summed E-state index contributed by atoms with van der Waals surface area (Å²) in [6.07, 6.45) is 1.74. The molecule has 6 heteroatoms. The molecule has 0 saturated carbocycles. The Kier molecular flexibility index (Phi) is 6.25. The van der Waals surface area contributed by atoms with E-state index in [9.17, 15) is 4.79 Å². The smallest absolute Gasteiger partial charge is 0.272 e. The molecule has 36 heavy (non-hydrogen) atoms. The van der Waals surface area contributed by atoms with Crippen molar-refractivity contribution in [3.05, 3.63) is 95.2 Å². The second kappa shape index (κ2) is 9.66. The lowest BCUT2D eigenvalue weighted by atomic mass is 10.0. The van der Waals surface area contributed by atoms with Crippen molar-refractivity contribution in [2.75, 3.05) is 7.11 Å². The number of amides is 1. The molecule has 5 aromatic rings. The van der Waals surface area contributed by atoms with Crippen molar-refractivity contribution in [1.29, 1.82) is 0 Å². The third-order valence-corrected chi connectivity index (χ3v) is 6.62. The second-order valence-corrected chi connectivity index (χ2v) is 8.71. The van der Waals surface area contributed by atoms with Crippen LogP contribution in [0.5, 0.6) is 5.75 Å². The maximum absolute atomic E-state index is 13.3. The minimum atomic E-state index is -0.285. The summed E-state index contributed by atoms with van der Waals surface area (Å²) in [7, 11) is 1.63. The lowest BCUT2D eigenvalue weighted by Crippen LogP contribution is -2.18. The van der Waals surface area contributed by atoms with Crippen LogP contribution in [0.4, 0.5) is 0 Å². The van der Waals surface area contributed by atoms with E-state index in [0.29, 0.717) is 11.3 Å². The van der Waals surface area contributed by atoms with Crippen molar-refractivity contribution in [3.63, 3.8) is 0 Å². The molecule has 0 saturated heterocycles. The molecule has 0 unspecified atom stereocenters. The largest absolute Gasteiger partial charge is 0.497 e. The van der Waals surface area contributed by atoms with Crippen LogP contribution < -0.4 is 10.2 Å². The molecule has 2 aromatic heterocycles. The Labute approximate surface area is 210 Å². The van der Waals surface area contributed by atoms with Crippen LogP contribution in [-0.2, 0) is 6.54 Å². The van der Waals surface area contributed by atoms with Gasteiger partial charge in [0.2, 0.25) is 0 Å². The van der Waals surface area contributed by atoms with Crippen LogP contribution in [-0.4, -0.2) is 28.8 Å². The number of pyridine rings is 1. The lowest BCUT2D eigenvalue weighted by molar-refractivity contribution is 0.0956. The summed E-state index contributed by atoms with van der Waals surface area (Å²) in [4.78, 5) is 18.1. The molecule has 1 N–H and O–H groups in total. The number of ether oxygens (including phenoxy) is 1. The number of nitrogens with zero attached hydrogens (tertiary/aromatic N) is 3. The number of rotatable bonds is 6. The molecular weight excluding hydrogens is 448 g/mol. The zero-order chi connectivity index (χ0) is 25.2. The van der Waals surface area contributed by atoms with Gasteiger partial charge in [0.25, 0.3) is 5.91 Å². The van der Waals surface area contributed by atoms with Crippen LogP contribution in [0.25, 0.3) is 33.1 Å². The maximum atomic E-state index is 13.3. The van der Waals surface area contributed by atoms with Gasteiger partial charge in [-0.2, -0.15) is 5.10 Å². The number of hydrazone groups is 1. The topological polar surface area (TPSA) is 68.5 Å². The summed E-state index contributed by atoms with van der Waals surface area (Å²) in [5.74, 6) is 0.481. The van der Waals surface area contributed by atoms with Gasteiger partial charge in [-0.3, -0.25) is 4.79 Å². The molecule has 0 aliphatic heterocycles. The van der Waals surface area contributed by atoms with Gasteiger partial charge in [0.15, 0.2) is 0 Å². The Hall–Kier alpha value is -4.45. The molecule has 0 fully saturated rings. The number of carbonyl (C=O) groups excluding carboxylic acids is 1.